The zero-order chi connectivity index (χ0) is 15.2. The lowest BCUT2D eigenvalue weighted by Crippen LogP contribution is -2.58. The Kier molecular flexibility index (Phi) is 6.42. The molecule has 1 atom stereocenters. The van der Waals surface area contributed by atoms with Crippen LogP contribution in [0.2, 0.25) is 0 Å². The summed E-state index contributed by atoms with van der Waals surface area (Å²) in [5.74, 6) is -0.185. The summed E-state index contributed by atoms with van der Waals surface area (Å²) in [6.07, 6.45) is 0.874. The van der Waals surface area contributed by atoms with Gasteiger partial charge in [0.15, 0.2) is 0 Å². The van der Waals surface area contributed by atoms with Gasteiger partial charge in [-0.05, 0) is 27.2 Å². The lowest BCUT2D eigenvalue weighted by atomic mass is 10.1. The number of nitrogens with zero attached hydrogens (tertiary/aromatic N) is 1. The van der Waals surface area contributed by atoms with Crippen molar-refractivity contribution in [2.75, 3.05) is 32.8 Å². The number of ether oxygens (including phenoxy) is 1. The van der Waals surface area contributed by atoms with Gasteiger partial charge >= 0.3 is 0 Å². The molecule has 0 aromatic rings. The molecule has 1 saturated heterocycles. The molecule has 1 aliphatic rings. The quantitative estimate of drug-likeness (QED) is 0.753. The highest BCUT2D eigenvalue weighted by molar-refractivity contribution is 5.88. The van der Waals surface area contributed by atoms with E-state index >= 15 is 0 Å². The van der Waals surface area contributed by atoms with E-state index in [0.29, 0.717) is 19.7 Å². The van der Waals surface area contributed by atoms with Gasteiger partial charge in [0.2, 0.25) is 11.8 Å². The minimum atomic E-state index is -0.510. The molecule has 1 heterocycles. The summed E-state index contributed by atoms with van der Waals surface area (Å²) in [6.45, 7) is 10.1. The molecule has 20 heavy (non-hydrogen) atoms. The predicted octanol–water partition coefficient (Wildman–Crippen LogP) is 0.128. The zero-order valence-electron chi connectivity index (χ0n) is 13.0. The topological polar surface area (TPSA) is 70.7 Å². The van der Waals surface area contributed by atoms with Crippen LogP contribution < -0.4 is 10.6 Å². The van der Waals surface area contributed by atoms with E-state index < -0.39 is 6.04 Å². The number of carbonyl (C=O) groups excluding carboxylic acids is 2. The van der Waals surface area contributed by atoms with Crippen molar-refractivity contribution in [3.63, 3.8) is 0 Å². The minimum Gasteiger partial charge on any atom is -0.377 e. The number of hydrogen-bond donors (Lipinski definition) is 2. The highest BCUT2D eigenvalue weighted by atomic mass is 16.5. The third-order valence-corrected chi connectivity index (χ3v) is 3.07. The van der Waals surface area contributed by atoms with Crippen LogP contribution in [0, 0.1) is 0 Å². The van der Waals surface area contributed by atoms with E-state index in [4.69, 9.17) is 4.74 Å². The van der Waals surface area contributed by atoms with Crippen LogP contribution in [0.15, 0.2) is 0 Å². The van der Waals surface area contributed by atoms with Crippen molar-refractivity contribution in [3.8, 4) is 0 Å². The Morgan fingerprint density at radius 2 is 2.05 bits per heavy atom. The summed E-state index contributed by atoms with van der Waals surface area (Å²) >= 11 is 0. The molecule has 1 aliphatic heterocycles. The maximum absolute atomic E-state index is 12.3. The Morgan fingerprint density at radius 3 is 2.65 bits per heavy atom. The number of nitrogens with one attached hydrogen (secondary N) is 2. The lowest BCUT2D eigenvalue weighted by molar-refractivity contribution is -0.148. The molecule has 0 saturated carbocycles. The second kappa shape index (κ2) is 7.59. The van der Waals surface area contributed by atoms with Crippen LogP contribution in [0.4, 0.5) is 0 Å². The van der Waals surface area contributed by atoms with E-state index in [1.807, 2.05) is 27.7 Å². The summed E-state index contributed by atoms with van der Waals surface area (Å²) in [4.78, 5) is 25.9. The van der Waals surface area contributed by atoms with Gasteiger partial charge in [0.1, 0.15) is 6.04 Å². The summed E-state index contributed by atoms with van der Waals surface area (Å²) in [7, 11) is 0. The Balaban J connectivity index is 2.59. The first-order valence-electron chi connectivity index (χ1n) is 7.25. The molecule has 1 unspecified atom stereocenters. The van der Waals surface area contributed by atoms with E-state index in [0.717, 1.165) is 6.42 Å². The highest BCUT2D eigenvalue weighted by Gasteiger charge is 2.32. The van der Waals surface area contributed by atoms with Crippen molar-refractivity contribution in [3.05, 3.63) is 0 Å². The molecule has 2 amide bonds. The van der Waals surface area contributed by atoms with E-state index in [1.54, 1.807) is 4.90 Å². The van der Waals surface area contributed by atoms with Crippen LogP contribution in [0.5, 0.6) is 0 Å². The summed E-state index contributed by atoms with van der Waals surface area (Å²) in [5, 5.41) is 5.98. The SMILES string of the molecule is CCCNC(=O)C1COCCN1C(=O)CNC(C)(C)C. The van der Waals surface area contributed by atoms with Crippen LogP contribution >= 0.6 is 0 Å². The molecule has 6 nitrogen and oxygen atoms in total. The Labute approximate surface area is 121 Å². The van der Waals surface area contributed by atoms with Gasteiger partial charge in [-0.3, -0.25) is 9.59 Å². The van der Waals surface area contributed by atoms with Gasteiger partial charge in [0.05, 0.1) is 19.8 Å². The van der Waals surface area contributed by atoms with E-state index in [1.165, 1.54) is 0 Å². The van der Waals surface area contributed by atoms with Crippen molar-refractivity contribution >= 4 is 11.8 Å². The van der Waals surface area contributed by atoms with Crippen molar-refractivity contribution < 1.29 is 14.3 Å². The fourth-order valence-electron chi connectivity index (χ4n) is 1.93. The van der Waals surface area contributed by atoms with Gasteiger partial charge in [-0.25, -0.2) is 0 Å². The number of carbonyl (C=O) groups is 2. The molecular weight excluding hydrogens is 258 g/mol. The van der Waals surface area contributed by atoms with Crippen molar-refractivity contribution in [2.24, 2.45) is 0 Å². The largest absolute Gasteiger partial charge is 0.377 e. The lowest BCUT2D eigenvalue weighted by Gasteiger charge is -2.35. The van der Waals surface area contributed by atoms with Crippen molar-refractivity contribution in [2.45, 2.75) is 45.7 Å². The maximum atomic E-state index is 12.3. The van der Waals surface area contributed by atoms with E-state index in [9.17, 15) is 9.59 Å². The molecule has 2 N–H and O–H groups in total. The van der Waals surface area contributed by atoms with Gasteiger partial charge in [-0.2, -0.15) is 0 Å². The normalized spacial score (nSPS) is 19.8. The molecule has 0 aromatic carbocycles. The Hall–Kier alpha value is -1.14. The molecule has 6 heteroatoms. The summed E-state index contributed by atoms with van der Waals surface area (Å²) in [6, 6.07) is -0.510. The Bertz CT molecular complexity index is 339. The zero-order valence-corrected chi connectivity index (χ0v) is 13.0. The van der Waals surface area contributed by atoms with Gasteiger partial charge in [-0.1, -0.05) is 6.92 Å². The standard InChI is InChI=1S/C14H27N3O3/c1-5-6-15-13(19)11-10-20-8-7-17(11)12(18)9-16-14(2,3)4/h11,16H,5-10H2,1-4H3,(H,15,19). The monoisotopic (exact) mass is 285 g/mol. The van der Waals surface area contributed by atoms with Crippen LogP contribution in [0.3, 0.4) is 0 Å². The highest BCUT2D eigenvalue weighted by Crippen LogP contribution is 2.08. The average Bonchev–Trinajstić information content (AvgIpc) is 2.41. The third kappa shape index (κ3) is 5.46. The minimum absolute atomic E-state index is 0.0557. The predicted molar refractivity (Wildman–Crippen MR) is 77.4 cm³/mol. The van der Waals surface area contributed by atoms with Crippen LogP contribution in [-0.2, 0) is 14.3 Å². The molecule has 0 aromatic heterocycles. The number of hydrogen-bond acceptors (Lipinski definition) is 4. The van der Waals surface area contributed by atoms with Gasteiger partial charge in [-0.15, -0.1) is 0 Å². The van der Waals surface area contributed by atoms with Gasteiger partial charge < -0.3 is 20.3 Å². The molecule has 1 rings (SSSR count). The molecule has 1 fully saturated rings. The maximum Gasteiger partial charge on any atom is 0.245 e. The second-order valence-corrected chi connectivity index (χ2v) is 6.07. The number of morpholine rings is 1. The van der Waals surface area contributed by atoms with Gasteiger partial charge in [0.25, 0.3) is 0 Å². The number of amides is 2. The first kappa shape index (κ1) is 16.9. The summed E-state index contributed by atoms with van der Waals surface area (Å²) in [5.41, 5.74) is -0.123. The third-order valence-electron chi connectivity index (χ3n) is 3.07. The molecule has 0 spiro atoms. The smallest absolute Gasteiger partial charge is 0.245 e. The second-order valence-electron chi connectivity index (χ2n) is 6.07. The summed E-state index contributed by atoms with van der Waals surface area (Å²) < 4.78 is 5.33. The first-order valence-corrected chi connectivity index (χ1v) is 7.25. The molecule has 0 aliphatic carbocycles. The number of rotatable bonds is 5. The average molecular weight is 285 g/mol. The fraction of sp³-hybridized carbons (Fsp3) is 0.857. The first-order chi connectivity index (χ1) is 9.35. The van der Waals surface area contributed by atoms with Crippen LogP contribution in [0.25, 0.3) is 0 Å². The van der Waals surface area contributed by atoms with E-state index in [2.05, 4.69) is 10.6 Å². The van der Waals surface area contributed by atoms with Crippen molar-refractivity contribution in [1.29, 1.82) is 0 Å². The van der Waals surface area contributed by atoms with E-state index in [-0.39, 0.29) is 30.5 Å². The van der Waals surface area contributed by atoms with Crippen LogP contribution in [0.1, 0.15) is 34.1 Å². The molecule has 0 radical (unpaired) electrons. The van der Waals surface area contributed by atoms with Gasteiger partial charge in [0, 0.05) is 18.6 Å². The van der Waals surface area contributed by atoms with Crippen molar-refractivity contribution in [1.82, 2.24) is 15.5 Å². The fourth-order valence-corrected chi connectivity index (χ4v) is 1.93. The molecular formula is C14H27N3O3. The Morgan fingerprint density at radius 1 is 1.35 bits per heavy atom. The van der Waals surface area contributed by atoms with Crippen LogP contribution in [-0.4, -0.2) is 61.1 Å². The molecule has 0 bridgehead atoms. The molecule has 116 valence electrons.